The van der Waals surface area contributed by atoms with Crippen molar-refractivity contribution >= 4 is 23.0 Å². The number of carbonyl (C=O) groups excluding carboxylic acids is 1. The lowest BCUT2D eigenvalue weighted by atomic mass is 9.99. The van der Waals surface area contributed by atoms with Crippen LogP contribution in [0.15, 0.2) is 41.4 Å². The number of nitrogens with zero attached hydrogens (tertiary/aromatic N) is 4. The molecule has 0 spiro atoms. The van der Waals surface area contributed by atoms with Crippen LogP contribution >= 0.6 is 11.3 Å². The molecule has 3 rings (SSSR count). The van der Waals surface area contributed by atoms with Crippen molar-refractivity contribution in [2.24, 2.45) is 4.99 Å². The van der Waals surface area contributed by atoms with Gasteiger partial charge in [0.1, 0.15) is 22.5 Å². The van der Waals surface area contributed by atoms with Crippen molar-refractivity contribution in [3.63, 3.8) is 0 Å². The van der Waals surface area contributed by atoms with E-state index in [1.54, 1.807) is 17.4 Å². The van der Waals surface area contributed by atoms with E-state index in [0.29, 0.717) is 5.82 Å². The molecular weight excluding hydrogens is 408 g/mol. The van der Waals surface area contributed by atoms with Crippen LogP contribution in [0.5, 0.6) is 0 Å². The Kier molecular flexibility index (Phi) is 6.46. The van der Waals surface area contributed by atoms with E-state index in [2.05, 4.69) is 30.6 Å². The average Bonchev–Trinajstić information content (AvgIpc) is 3.14. The second kappa shape index (κ2) is 8.75. The van der Waals surface area contributed by atoms with Crippen molar-refractivity contribution in [2.45, 2.75) is 66.5 Å². The highest BCUT2D eigenvalue weighted by Gasteiger charge is 2.33. The van der Waals surface area contributed by atoms with E-state index in [0.717, 1.165) is 33.2 Å². The average molecular weight is 439 g/mol. The van der Waals surface area contributed by atoms with Crippen LogP contribution in [0, 0.1) is 20.8 Å². The Hall–Kier alpha value is -2.80. The molecule has 0 fully saturated rings. The number of rotatable bonds is 5. The molecule has 1 atom stereocenters. The zero-order valence-electron chi connectivity index (χ0n) is 19.3. The second-order valence-electron chi connectivity index (χ2n) is 8.54. The number of thiophene rings is 1. The lowest BCUT2D eigenvalue weighted by Gasteiger charge is -2.21. The molecule has 0 amide bonds. The number of hydrogen-bond acceptors (Lipinski definition) is 6. The highest BCUT2D eigenvalue weighted by molar-refractivity contribution is 7.15. The van der Waals surface area contributed by atoms with Gasteiger partial charge in [-0.15, -0.1) is 21.5 Å². The smallest absolute Gasteiger partial charge is 0.308 e. The van der Waals surface area contributed by atoms with E-state index in [4.69, 9.17) is 9.73 Å². The normalized spacial score (nSPS) is 16.5. The Morgan fingerprint density at radius 1 is 1.26 bits per heavy atom. The van der Waals surface area contributed by atoms with Crippen molar-refractivity contribution in [3.8, 4) is 5.00 Å². The molecule has 7 heteroatoms. The molecule has 0 bridgehead atoms. The number of esters is 1. The quantitative estimate of drug-likeness (QED) is 0.455. The molecule has 2 aromatic rings. The Morgan fingerprint density at radius 3 is 2.58 bits per heavy atom. The zero-order valence-corrected chi connectivity index (χ0v) is 20.1. The van der Waals surface area contributed by atoms with Gasteiger partial charge in [0.2, 0.25) is 0 Å². The van der Waals surface area contributed by atoms with Crippen molar-refractivity contribution in [1.29, 1.82) is 0 Å². The van der Waals surface area contributed by atoms with Gasteiger partial charge in [-0.05, 0) is 59.6 Å². The van der Waals surface area contributed by atoms with Crippen LogP contribution < -0.4 is 0 Å². The molecule has 0 radical (unpaired) electrons. The van der Waals surface area contributed by atoms with Crippen LogP contribution in [0.3, 0.4) is 0 Å². The van der Waals surface area contributed by atoms with Crippen molar-refractivity contribution in [2.75, 3.05) is 0 Å². The predicted molar refractivity (Wildman–Crippen MR) is 126 cm³/mol. The molecule has 0 N–H and O–H groups in total. The Bertz CT molecular complexity index is 1110. The first kappa shape index (κ1) is 22.9. The summed E-state index contributed by atoms with van der Waals surface area (Å²) in [6.07, 6.45) is 7.81. The molecule has 1 aliphatic heterocycles. The first-order valence-electron chi connectivity index (χ1n) is 10.4. The largest absolute Gasteiger partial charge is 0.460 e. The van der Waals surface area contributed by atoms with Crippen LogP contribution in [-0.4, -0.2) is 32.0 Å². The molecule has 0 saturated carbocycles. The molecule has 1 aliphatic rings. The Balaban J connectivity index is 2.24. The summed E-state index contributed by atoms with van der Waals surface area (Å²) in [5, 5.41) is 9.73. The lowest BCUT2D eigenvalue weighted by Crippen LogP contribution is -2.25. The van der Waals surface area contributed by atoms with Gasteiger partial charge in [0.15, 0.2) is 5.82 Å². The first-order chi connectivity index (χ1) is 14.6. The highest BCUT2D eigenvalue weighted by atomic mass is 32.1. The molecular formula is C24H30N4O2S. The SMILES string of the molecule is C=C/C(=C\C=C/C)C1=NC(CC(=O)OC(C)(C)C)c2nnc(C)n2-c2sc(C)c(C)c21. The Morgan fingerprint density at radius 2 is 1.97 bits per heavy atom. The number of carbonyl (C=O) groups is 1. The van der Waals surface area contributed by atoms with E-state index >= 15 is 0 Å². The maximum Gasteiger partial charge on any atom is 0.308 e. The molecule has 1 unspecified atom stereocenters. The third-order valence-electron chi connectivity index (χ3n) is 4.98. The first-order valence-corrected chi connectivity index (χ1v) is 11.2. The number of aromatic nitrogens is 3. The van der Waals surface area contributed by atoms with Gasteiger partial charge in [-0.25, -0.2) is 0 Å². The van der Waals surface area contributed by atoms with Crippen LogP contribution in [0.2, 0.25) is 0 Å². The highest BCUT2D eigenvalue weighted by Crippen LogP contribution is 2.39. The summed E-state index contributed by atoms with van der Waals surface area (Å²) >= 11 is 1.68. The summed E-state index contributed by atoms with van der Waals surface area (Å²) in [7, 11) is 0. The van der Waals surface area contributed by atoms with E-state index in [-0.39, 0.29) is 12.4 Å². The fourth-order valence-corrected chi connectivity index (χ4v) is 4.72. The minimum absolute atomic E-state index is 0.0832. The van der Waals surface area contributed by atoms with Crippen molar-refractivity contribution < 1.29 is 9.53 Å². The number of allylic oxidation sites excluding steroid dienone is 5. The third-order valence-corrected chi connectivity index (χ3v) is 6.17. The van der Waals surface area contributed by atoms with Crippen molar-refractivity contribution in [3.05, 3.63) is 64.1 Å². The molecule has 3 heterocycles. The molecule has 0 saturated heterocycles. The maximum absolute atomic E-state index is 12.7. The summed E-state index contributed by atoms with van der Waals surface area (Å²) in [5.41, 5.74) is 3.33. The summed E-state index contributed by atoms with van der Waals surface area (Å²) in [4.78, 5) is 19.0. The van der Waals surface area contributed by atoms with Gasteiger partial charge in [0, 0.05) is 10.4 Å². The number of aliphatic imine (C=N–C) groups is 1. The van der Waals surface area contributed by atoms with Gasteiger partial charge in [-0.3, -0.25) is 14.4 Å². The molecule has 0 aromatic carbocycles. The zero-order chi connectivity index (χ0) is 22.9. The van der Waals surface area contributed by atoms with Crippen molar-refractivity contribution in [1.82, 2.24) is 14.8 Å². The predicted octanol–water partition coefficient (Wildman–Crippen LogP) is 5.52. The fourth-order valence-electron chi connectivity index (χ4n) is 3.51. The molecule has 31 heavy (non-hydrogen) atoms. The fraction of sp³-hybridized carbons (Fsp3) is 0.417. The van der Waals surface area contributed by atoms with E-state index < -0.39 is 11.6 Å². The van der Waals surface area contributed by atoms with Crippen LogP contribution in [0.25, 0.3) is 5.00 Å². The van der Waals surface area contributed by atoms with E-state index in [1.165, 1.54) is 4.88 Å². The number of fused-ring (bicyclic) bond motifs is 3. The molecule has 0 aliphatic carbocycles. The monoisotopic (exact) mass is 438 g/mol. The molecule has 2 aromatic heterocycles. The second-order valence-corrected chi connectivity index (χ2v) is 9.74. The number of hydrogen-bond donors (Lipinski definition) is 0. The number of ether oxygens (including phenoxy) is 1. The van der Waals surface area contributed by atoms with Gasteiger partial charge >= 0.3 is 5.97 Å². The van der Waals surface area contributed by atoms with E-state index in [9.17, 15) is 4.79 Å². The lowest BCUT2D eigenvalue weighted by molar-refractivity contribution is -0.155. The summed E-state index contributed by atoms with van der Waals surface area (Å²) < 4.78 is 7.61. The number of aryl methyl sites for hydroxylation is 2. The van der Waals surface area contributed by atoms with E-state index in [1.807, 2.05) is 57.4 Å². The van der Waals surface area contributed by atoms with Crippen LogP contribution in [0.4, 0.5) is 0 Å². The maximum atomic E-state index is 12.7. The third kappa shape index (κ3) is 4.61. The van der Waals surface area contributed by atoms with Gasteiger partial charge in [-0.1, -0.05) is 30.9 Å². The summed E-state index contributed by atoms with van der Waals surface area (Å²) in [6, 6.07) is -0.515. The van der Waals surface area contributed by atoms with Crippen LogP contribution in [-0.2, 0) is 9.53 Å². The Labute approximate surface area is 188 Å². The van der Waals surface area contributed by atoms with Gasteiger partial charge in [0.05, 0.1) is 12.1 Å². The summed E-state index contributed by atoms with van der Waals surface area (Å²) in [6.45, 7) is 17.7. The minimum Gasteiger partial charge on any atom is -0.460 e. The van der Waals surface area contributed by atoms with Gasteiger partial charge in [-0.2, -0.15) is 0 Å². The van der Waals surface area contributed by atoms with Gasteiger partial charge in [0.25, 0.3) is 0 Å². The topological polar surface area (TPSA) is 69.4 Å². The van der Waals surface area contributed by atoms with Gasteiger partial charge < -0.3 is 4.74 Å². The summed E-state index contributed by atoms with van der Waals surface area (Å²) in [5.74, 6) is 1.10. The van der Waals surface area contributed by atoms with Crippen LogP contribution in [0.1, 0.15) is 67.8 Å². The minimum atomic E-state index is -0.567. The molecule has 6 nitrogen and oxygen atoms in total. The standard InChI is InChI=1S/C24H30N4O2S/c1-9-11-12-17(10-2)21-20-14(3)15(4)31-23(20)28-16(5)26-27-22(28)18(25-21)13-19(29)30-24(6,7)8/h9-12,18H,2,13H2,1,3-8H3/b11-9-,17-12+. The molecule has 164 valence electrons.